The van der Waals surface area contributed by atoms with Gasteiger partial charge in [0, 0.05) is 5.39 Å². The molecule has 0 fully saturated rings. The quantitative estimate of drug-likeness (QED) is 0.539. The highest BCUT2D eigenvalue weighted by Gasteiger charge is 2.22. The van der Waals surface area contributed by atoms with E-state index < -0.39 is 0 Å². The lowest BCUT2D eigenvalue weighted by atomic mass is 9.98. The molecule has 4 rings (SSSR count). The molecule has 0 atom stereocenters. The maximum Gasteiger partial charge on any atom is 0.274 e. The molecule has 4 aromatic rings. The lowest BCUT2D eigenvalue weighted by Gasteiger charge is -2.21. The maximum absolute atomic E-state index is 13.4. The Morgan fingerprint density at radius 1 is 0.800 bits per heavy atom. The van der Waals surface area contributed by atoms with Crippen LogP contribution in [0.2, 0.25) is 0 Å². The van der Waals surface area contributed by atoms with Crippen LogP contribution in [-0.2, 0) is 0 Å². The second kappa shape index (κ2) is 8.33. The number of nitrogens with one attached hydrogen (secondary N) is 1. The molecule has 1 aromatic heterocycles. The van der Waals surface area contributed by atoms with Crippen LogP contribution in [0.5, 0.6) is 0 Å². The first kappa shape index (κ1) is 19.6. The Morgan fingerprint density at radius 3 is 1.83 bits per heavy atom. The number of rotatable bonds is 5. The highest BCUT2D eigenvalue weighted by Crippen LogP contribution is 2.23. The highest BCUT2D eigenvalue weighted by molar-refractivity contribution is 6.05. The topological polar surface area (TPSA) is 64.0 Å². The van der Waals surface area contributed by atoms with Crippen LogP contribution in [0.4, 0.5) is 0 Å². The average Bonchev–Trinajstić information content (AvgIpc) is 2.78. The summed E-state index contributed by atoms with van der Waals surface area (Å²) in [4.78, 5) is 26.2. The maximum atomic E-state index is 13.4. The molecule has 30 heavy (non-hydrogen) atoms. The van der Waals surface area contributed by atoms with E-state index in [2.05, 4.69) is 10.4 Å². The second-order valence-corrected chi connectivity index (χ2v) is 7.47. The molecule has 1 heterocycles. The Kier molecular flexibility index (Phi) is 5.44. The van der Waals surface area contributed by atoms with Crippen LogP contribution in [0.25, 0.3) is 10.8 Å². The Morgan fingerprint density at radius 2 is 1.30 bits per heavy atom. The van der Waals surface area contributed by atoms with Crippen molar-refractivity contribution in [2.75, 3.05) is 0 Å². The van der Waals surface area contributed by atoms with E-state index in [4.69, 9.17) is 0 Å². The fraction of sp³-hybridized carbons (Fsp3) is 0.160. The van der Waals surface area contributed by atoms with Crippen LogP contribution in [0, 0.1) is 0 Å². The van der Waals surface area contributed by atoms with Crippen molar-refractivity contribution in [2.24, 2.45) is 0 Å². The third kappa shape index (κ3) is 3.74. The molecule has 0 spiro atoms. The standard InChI is InChI=1S/C25H23N3O2/c1-17(2)28-25(30)21-16-10-9-15-20(21)23(27-28)24(29)26-22(18-11-5-3-6-12-18)19-13-7-4-8-14-19/h3-17,22H,1-2H3,(H,26,29). The van der Waals surface area contributed by atoms with Gasteiger partial charge >= 0.3 is 0 Å². The van der Waals surface area contributed by atoms with Crippen LogP contribution in [-0.4, -0.2) is 15.7 Å². The molecule has 0 unspecified atom stereocenters. The first-order chi connectivity index (χ1) is 14.6. The Bertz CT molecular complexity index is 1190. The molecule has 150 valence electrons. The SMILES string of the molecule is CC(C)n1nc(C(=O)NC(c2ccccc2)c2ccccc2)c2ccccc2c1=O. The number of hydrogen-bond acceptors (Lipinski definition) is 3. The zero-order valence-corrected chi connectivity index (χ0v) is 16.9. The van der Waals surface area contributed by atoms with Gasteiger partial charge in [-0.1, -0.05) is 78.9 Å². The van der Waals surface area contributed by atoms with E-state index in [0.717, 1.165) is 11.1 Å². The number of carbonyl (C=O) groups is 1. The van der Waals surface area contributed by atoms with E-state index in [9.17, 15) is 9.59 Å². The van der Waals surface area contributed by atoms with E-state index in [1.54, 1.807) is 18.2 Å². The largest absolute Gasteiger partial charge is 0.340 e. The van der Waals surface area contributed by atoms with Crippen LogP contribution >= 0.6 is 0 Å². The molecule has 0 saturated heterocycles. The molecule has 0 aliphatic rings. The summed E-state index contributed by atoms with van der Waals surface area (Å²) in [5.41, 5.74) is 1.99. The zero-order valence-electron chi connectivity index (χ0n) is 16.9. The van der Waals surface area contributed by atoms with Crippen molar-refractivity contribution in [3.8, 4) is 0 Å². The molecule has 0 bridgehead atoms. The van der Waals surface area contributed by atoms with Crippen LogP contribution < -0.4 is 10.9 Å². The summed E-state index contributed by atoms with van der Waals surface area (Å²) < 4.78 is 1.37. The highest BCUT2D eigenvalue weighted by atomic mass is 16.2. The van der Waals surface area contributed by atoms with Crippen molar-refractivity contribution >= 4 is 16.7 Å². The number of amides is 1. The molecular weight excluding hydrogens is 374 g/mol. The molecule has 5 heteroatoms. The second-order valence-electron chi connectivity index (χ2n) is 7.47. The van der Waals surface area contributed by atoms with Crippen molar-refractivity contribution in [1.29, 1.82) is 0 Å². The molecule has 0 aliphatic carbocycles. The average molecular weight is 397 g/mol. The molecule has 0 aliphatic heterocycles. The lowest BCUT2D eigenvalue weighted by molar-refractivity contribution is 0.0937. The minimum Gasteiger partial charge on any atom is -0.340 e. The number of aromatic nitrogens is 2. The van der Waals surface area contributed by atoms with Crippen molar-refractivity contribution in [2.45, 2.75) is 25.9 Å². The van der Waals surface area contributed by atoms with Crippen LogP contribution in [0.1, 0.15) is 47.5 Å². The summed E-state index contributed by atoms with van der Waals surface area (Å²) in [6, 6.07) is 26.2. The van der Waals surface area contributed by atoms with Gasteiger partial charge in [0.1, 0.15) is 0 Å². The summed E-state index contributed by atoms with van der Waals surface area (Å²) in [6.07, 6.45) is 0. The summed E-state index contributed by atoms with van der Waals surface area (Å²) in [6.45, 7) is 3.75. The van der Waals surface area contributed by atoms with E-state index in [1.165, 1.54) is 4.68 Å². The normalized spacial score (nSPS) is 11.2. The number of nitrogens with zero attached hydrogens (tertiary/aromatic N) is 2. The van der Waals surface area contributed by atoms with Gasteiger partial charge < -0.3 is 5.32 Å². The molecular formula is C25H23N3O2. The summed E-state index contributed by atoms with van der Waals surface area (Å²) in [5.74, 6) is -0.321. The summed E-state index contributed by atoms with van der Waals surface area (Å²) in [5, 5.41) is 8.60. The monoisotopic (exact) mass is 397 g/mol. The summed E-state index contributed by atoms with van der Waals surface area (Å²) >= 11 is 0. The number of benzene rings is 3. The third-order valence-electron chi connectivity index (χ3n) is 5.07. The van der Waals surface area contributed by atoms with E-state index in [0.29, 0.717) is 10.8 Å². The molecule has 1 N–H and O–H groups in total. The predicted octanol–water partition coefficient (Wildman–Crippen LogP) is 4.50. The van der Waals surface area contributed by atoms with Gasteiger partial charge in [0.15, 0.2) is 5.69 Å². The van der Waals surface area contributed by atoms with Gasteiger partial charge in [-0.3, -0.25) is 9.59 Å². The van der Waals surface area contributed by atoms with E-state index in [-0.39, 0.29) is 29.2 Å². The van der Waals surface area contributed by atoms with Gasteiger partial charge in [0.25, 0.3) is 11.5 Å². The van der Waals surface area contributed by atoms with Gasteiger partial charge in [-0.15, -0.1) is 0 Å². The number of hydrogen-bond donors (Lipinski definition) is 1. The molecule has 0 saturated carbocycles. The zero-order chi connectivity index (χ0) is 21.1. The Balaban J connectivity index is 1.81. The van der Waals surface area contributed by atoms with Crippen molar-refractivity contribution in [1.82, 2.24) is 15.1 Å². The number of carbonyl (C=O) groups excluding carboxylic acids is 1. The van der Waals surface area contributed by atoms with Crippen molar-refractivity contribution in [3.63, 3.8) is 0 Å². The number of fused-ring (bicyclic) bond motifs is 1. The molecule has 1 amide bonds. The lowest BCUT2D eigenvalue weighted by Crippen LogP contribution is -2.34. The van der Waals surface area contributed by atoms with Gasteiger partial charge in [0.05, 0.1) is 17.5 Å². The van der Waals surface area contributed by atoms with E-state index >= 15 is 0 Å². The third-order valence-corrected chi connectivity index (χ3v) is 5.07. The molecule has 5 nitrogen and oxygen atoms in total. The van der Waals surface area contributed by atoms with Gasteiger partial charge in [0.2, 0.25) is 0 Å². The fourth-order valence-corrected chi connectivity index (χ4v) is 3.57. The van der Waals surface area contributed by atoms with Gasteiger partial charge in [-0.2, -0.15) is 5.10 Å². The van der Waals surface area contributed by atoms with E-state index in [1.807, 2.05) is 80.6 Å². The van der Waals surface area contributed by atoms with Gasteiger partial charge in [-0.05, 0) is 31.0 Å². The fourth-order valence-electron chi connectivity index (χ4n) is 3.57. The van der Waals surface area contributed by atoms with Crippen molar-refractivity contribution < 1.29 is 4.79 Å². The van der Waals surface area contributed by atoms with Gasteiger partial charge in [-0.25, -0.2) is 4.68 Å². The first-order valence-electron chi connectivity index (χ1n) is 9.98. The smallest absolute Gasteiger partial charge is 0.274 e. The molecule has 0 radical (unpaired) electrons. The minimum atomic E-state index is -0.333. The van der Waals surface area contributed by atoms with Crippen LogP contribution in [0.15, 0.2) is 89.7 Å². The Labute approximate surface area is 175 Å². The van der Waals surface area contributed by atoms with Crippen LogP contribution in [0.3, 0.4) is 0 Å². The predicted molar refractivity (Wildman–Crippen MR) is 119 cm³/mol. The summed E-state index contributed by atoms with van der Waals surface area (Å²) in [7, 11) is 0. The molecule has 3 aromatic carbocycles. The first-order valence-corrected chi connectivity index (χ1v) is 9.98. The Hall–Kier alpha value is -3.73. The minimum absolute atomic E-state index is 0.160. The van der Waals surface area contributed by atoms with Crippen molar-refractivity contribution in [3.05, 3.63) is 112 Å².